The van der Waals surface area contributed by atoms with Crippen molar-refractivity contribution in [3.63, 3.8) is 0 Å². The highest BCUT2D eigenvalue weighted by molar-refractivity contribution is 9.10. The van der Waals surface area contributed by atoms with Gasteiger partial charge in [-0.15, -0.1) is 0 Å². The van der Waals surface area contributed by atoms with Gasteiger partial charge in [0.05, 0.1) is 0 Å². The Balaban J connectivity index is 2.57. The Morgan fingerprint density at radius 3 is 1.31 bits per heavy atom. The van der Waals surface area contributed by atoms with E-state index in [0.29, 0.717) is 20.1 Å². The molecule has 0 unspecified atom stereocenters. The smallest absolute Gasteiger partial charge is 0.124 e. The maximum absolute atomic E-state index is 13.2. The molecule has 0 heterocycles. The van der Waals surface area contributed by atoms with Crippen LogP contribution in [0.3, 0.4) is 0 Å². The number of hydrogen-bond acceptors (Lipinski definition) is 0. The lowest BCUT2D eigenvalue weighted by molar-refractivity contribution is 0.625. The van der Waals surface area contributed by atoms with Crippen molar-refractivity contribution in [2.24, 2.45) is 0 Å². The highest BCUT2D eigenvalue weighted by Gasteiger charge is 2.04. The van der Waals surface area contributed by atoms with E-state index in [1.165, 1.54) is 24.3 Å². The van der Waals surface area contributed by atoms with Crippen molar-refractivity contribution in [1.29, 1.82) is 0 Å². The van der Waals surface area contributed by atoms with Crippen molar-refractivity contribution in [1.82, 2.24) is 0 Å². The summed E-state index contributed by atoms with van der Waals surface area (Å²) >= 11 is 6.40. The Morgan fingerprint density at radius 1 is 0.625 bits per heavy atom. The molecular formula is C12H6Br2F2. The first-order valence-corrected chi connectivity index (χ1v) is 6.06. The van der Waals surface area contributed by atoms with Crippen LogP contribution >= 0.6 is 31.9 Å². The van der Waals surface area contributed by atoms with E-state index in [1.54, 1.807) is 12.1 Å². The highest BCUT2D eigenvalue weighted by Crippen LogP contribution is 2.27. The van der Waals surface area contributed by atoms with Crippen molar-refractivity contribution in [2.45, 2.75) is 0 Å². The van der Waals surface area contributed by atoms with Gasteiger partial charge in [0.25, 0.3) is 0 Å². The molecule has 0 aliphatic heterocycles. The average Bonchev–Trinajstić information content (AvgIpc) is 2.14. The van der Waals surface area contributed by atoms with Gasteiger partial charge in [-0.25, -0.2) is 8.78 Å². The molecule has 2 aromatic carbocycles. The summed E-state index contributed by atoms with van der Waals surface area (Å²) in [6.45, 7) is 0. The predicted octanol–water partition coefficient (Wildman–Crippen LogP) is 5.16. The van der Waals surface area contributed by atoms with E-state index in [1.807, 2.05) is 0 Å². The lowest BCUT2D eigenvalue weighted by atomic mass is 10.1. The molecule has 0 spiro atoms. The molecule has 0 bridgehead atoms. The summed E-state index contributed by atoms with van der Waals surface area (Å²) in [7, 11) is 0. The first kappa shape index (κ1) is 11.7. The van der Waals surface area contributed by atoms with E-state index in [0.717, 1.165) is 0 Å². The zero-order chi connectivity index (χ0) is 11.7. The molecule has 16 heavy (non-hydrogen) atoms. The molecule has 2 aromatic rings. The molecule has 0 saturated heterocycles. The molecule has 0 saturated carbocycles. The summed E-state index contributed by atoms with van der Waals surface area (Å²) in [5.74, 6) is -0.713. The number of benzene rings is 2. The zero-order valence-corrected chi connectivity index (χ0v) is 11.1. The first-order chi connectivity index (χ1) is 7.54. The summed E-state index contributed by atoms with van der Waals surface area (Å²) < 4.78 is 27.6. The van der Waals surface area contributed by atoms with E-state index in [9.17, 15) is 8.78 Å². The molecule has 0 N–H and O–H groups in total. The van der Waals surface area contributed by atoms with Crippen molar-refractivity contribution in [3.8, 4) is 11.1 Å². The molecule has 0 aliphatic carbocycles. The van der Waals surface area contributed by atoms with Crippen LogP contribution in [0.4, 0.5) is 8.78 Å². The van der Waals surface area contributed by atoms with Gasteiger partial charge in [0.15, 0.2) is 0 Å². The standard InChI is InChI=1S/C12H6Br2F2/c13-9-1-7(3-11(15)5-9)8-2-10(14)6-12(16)4-8/h1-6H. The fraction of sp³-hybridized carbons (Fsp3) is 0. The summed E-state index contributed by atoms with van der Waals surface area (Å²) in [5, 5.41) is 0. The second-order valence-corrected chi connectivity index (χ2v) is 5.15. The van der Waals surface area contributed by atoms with Gasteiger partial charge in [0.2, 0.25) is 0 Å². The van der Waals surface area contributed by atoms with Crippen molar-refractivity contribution >= 4 is 31.9 Å². The first-order valence-electron chi connectivity index (χ1n) is 4.47. The maximum atomic E-state index is 13.2. The van der Waals surface area contributed by atoms with E-state index in [2.05, 4.69) is 31.9 Å². The normalized spacial score (nSPS) is 10.5. The lowest BCUT2D eigenvalue weighted by Gasteiger charge is -2.04. The van der Waals surface area contributed by atoms with Crippen LogP contribution < -0.4 is 0 Å². The highest BCUT2D eigenvalue weighted by atomic mass is 79.9. The van der Waals surface area contributed by atoms with E-state index in [4.69, 9.17) is 0 Å². The quantitative estimate of drug-likeness (QED) is 0.668. The monoisotopic (exact) mass is 346 g/mol. The van der Waals surface area contributed by atoms with Gasteiger partial charge in [0.1, 0.15) is 11.6 Å². The van der Waals surface area contributed by atoms with Gasteiger partial charge in [-0.05, 0) is 47.5 Å². The fourth-order valence-corrected chi connectivity index (χ4v) is 2.37. The summed E-state index contributed by atoms with van der Waals surface area (Å²) in [6.07, 6.45) is 0. The zero-order valence-electron chi connectivity index (χ0n) is 7.98. The summed E-state index contributed by atoms with van der Waals surface area (Å²) in [5.41, 5.74) is 1.26. The van der Waals surface area contributed by atoms with Crippen LogP contribution in [-0.4, -0.2) is 0 Å². The van der Waals surface area contributed by atoms with E-state index < -0.39 is 0 Å². The average molecular weight is 348 g/mol. The van der Waals surface area contributed by atoms with Crippen LogP contribution in [-0.2, 0) is 0 Å². The van der Waals surface area contributed by atoms with Gasteiger partial charge >= 0.3 is 0 Å². The predicted molar refractivity (Wildman–Crippen MR) is 67.2 cm³/mol. The van der Waals surface area contributed by atoms with Crippen LogP contribution in [0.2, 0.25) is 0 Å². The van der Waals surface area contributed by atoms with Crippen molar-refractivity contribution < 1.29 is 8.78 Å². The number of halogens is 4. The minimum Gasteiger partial charge on any atom is -0.207 e. The Labute approximate surface area is 109 Å². The molecule has 0 amide bonds. The van der Waals surface area contributed by atoms with Crippen LogP contribution in [0.1, 0.15) is 0 Å². The van der Waals surface area contributed by atoms with Crippen molar-refractivity contribution in [3.05, 3.63) is 57.0 Å². The van der Waals surface area contributed by atoms with Gasteiger partial charge in [-0.2, -0.15) is 0 Å². The third-order valence-electron chi connectivity index (χ3n) is 2.06. The second kappa shape index (κ2) is 4.63. The van der Waals surface area contributed by atoms with Crippen LogP contribution in [0.25, 0.3) is 11.1 Å². The van der Waals surface area contributed by atoms with Gasteiger partial charge in [0, 0.05) is 8.95 Å². The van der Waals surface area contributed by atoms with Crippen LogP contribution in [0.5, 0.6) is 0 Å². The SMILES string of the molecule is Fc1cc(Br)cc(-c2cc(F)cc(Br)c2)c1. The van der Waals surface area contributed by atoms with Gasteiger partial charge < -0.3 is 0 Å². The number of rotatable bonds is 1. The Bertz CT molecular complexity index is 449. The van der Waals surface area contributed by atoms with Crippen LogP contribution in [0.15, 0.2) is 45.3 Å². The minimum atomic E-state index is -0.357. The third kappa shape index (κ3) is 2.68. The third-order valence-corrected chi connectivity index (χ3v) is 2.97. The molecule has 0 aromatic heterocycles. The number of hydrogen-bond donors (Lipinski definition) is 0. The molecule has 4 heteroatoms. The van der Waals surface area contributed by atoms with Gasteiger partial charge in [-0.3, -0.25) is 0 Å². The topological polar surface area (TPSA) is 0 Å². The molecule has 0 nitrogen and oxygen atoms in total. The Morgan fingerprint density at radius 2 is 1.00 bits per heavy atom. The molecule has 82 valence electrons. The van der Waals surface area contributed by atoms with Crippen molar-refractivity contribution in [2.75, 3.05) is 0 Å². The largest absolute Gasteiger partial charge is 0.207 e. The molecule has 0 radical (unpaired) electrons. The minimum absolute atomic E-state index is 0.357. The fourth-order valence-electron chi connectivity index (χ4n) is 1.44. The summed E-state index contributed by atoms with van der Waals surface area (Å²) in [4.78, 5) is 0. The molecular weight excluding hydrogens is 342 g/mol. The Hall–Kier alpha value is -0.740. The van der Waals surface area contributed by atoms with E-state index >= 15 is 0 Å². The lowest BCUT2D eigenvalue weighted by Crippen LogP contribution is -1.83. The summed E-state index contributed by atoms with van der Waals surface area (Å²) in [6, 6.07) is 8.93. The molecule has 0 atom stereocenters. The molecule has 0 aliphatic rings. The molecule has 0 fully saturated rings. The molecule has 2 rings (SSSR count). The maximum Gasteiger partial charge on any atom is 0.124 e. The Kier molecular flexibility index (Phi) is 3.40. The van der Waals surface area contributed by atoms with Crippen LogP contribution in [0, 0.1) is 11.6 Å². The van der Waals surface area contributed by atoms with E-state index in [-0.39, 0.29) is 11.6 Å². The van der Waals surface area contributed by atoms with Gasteiger partial charge in [-0.1, -0.05) is 31.9 Å². The second-order valence-electron chi connectivity index (χ2n) is 3.32.